The predicted octanol–water partition coefficient (Wildman–Crippen LogP) is 2.17. The number of unbranched alkanes of at least 4 members (excludes halogenated alkanes) is 1. The van der Waals surface area contributed by atoms with Crippen molar-refractivity contribution < 1.29 is 18.3 Å². The smallest absolute Gasteiger partial charge is 0.328 e. The third kappa shape index (κ3) is 5.97. The van der Waals surface area contributed by atoms with Crippen LogP contribution in [0.2, 0.25) is 0 Å². The lowest BCUT2D eigenvalue weighted by Crippen LogP contribution is -2.33. The van der Waals surface area contributed by atoms with Crippen LogP contribution in [-0.4, -0.2) is 37.4 Å². The first-order chi connectivity index (χ1) is 9.85. The summed E-state index contributed by atoms with van der Waals surface area (Å²) in [6.45, 7) is 2.44. The predicted molar refractivity (Wildman–Crippen MR) is 83.2 cm³/mol. The van der Waals surface area contributed by atoms with Gasteiger partial charge in [0, 0.05) is 19.7 Å². The number of carbonyl (C=O) groups is 1. The lowest BCUT2D eigenvalue weighted by Gasteiger charge is -2.18. The van der Waals surface area contributed by atoms with Crippen LogP contribution < -0.4 is 4.72 Å². The van der Waals surface area contributed by atoms with Crippen LogP contribution in [0.25, 0.3) is 6.08 Å². The minimum Gasteiger partial charge on any atom is -0.478 e. The van der Waals surface area contributed by atoms with Gasteiger partial charge in [-0.3, -0.25) is 4.72 Å². The Morgan fingerprint density at radius 1 is 1.43 bits per heavy atom. The molecule has 0 fully saturated rings. The Hall–Kier alpha value is -1.86. The van der Waals surface area contributed by atoms with E-state index in [9.17, 15) is 13.2 Å². The van der Waals surface area contributed by atoms with E-state index in [1.165, 1.54) is 17.4 Å². The van der Waals surface area contributed by atoms with Crippen molar-refractivity contribution in [2.45, 2.75) is 19.8 Å². The van der Waals surface area contributed by atoms with Crippen LogP contribution in [0.4, 0.5) is 5.69 Å². The van der Waals surface area contributed by atoms with Crippen molar-refractivity contribution in [1.82, 2.24) is 4.31 Å². The number of hydrogen-bond acceptors (Lipinski definition) is 3. The fourth-order valence-corrected chi connectivity index (χ4v) is 2.55. The number of anilines is 1. The topological polar surface area (TPSA) is 86.7 Å². The molecule has 0 aliphatic rings. The molecule has 116 valence electrons. The lowest BCUT2D eigenvalue weighted by atomic mass is 10.2. The molecule has 1 aromatic rings. The molecule has 0 saturated carbocycles. The Bertz CT molecular complexity index is 611. The molecular weight excluding hydrogens is 292 g/mol. The summed E-state index contributed by atoms with van der Waals surface area (Å²) in [5.41, 5.74) is 1.000. The minimum absolute atomic E-state index is 0.394. The van der Waals surface area contributed by atoms with Crippen molar-refractivity contribution in [2.24, 2.45) is 0 Å². The Balaban J connectivity index is 2.83. The third-order valence-electron chi connectivity index (χ3n) is 2.79. The second kappa shape index (κ2) is 7.80. The van der Waals surface area contributed by atoms with Gasteiger partial charge in [-0.2, -0.15) is 12.7 Å². The van der Waals surface area contributed by atoms with E-state index in [2.05, 4.69) is 4.72 Å². The maximum Gasteiger partial charge on any atom is 0.328 e. The fourth-order valence-electron chi connectivity index (χ4n) is 1.60. The van der Waals surface area contributed by atoms with E-state index in [4.69, 9.17) is 5.11 Å². The van der Waals surface area contributed by atoms with E-state index in [1.807, 2.05) is 6.92 Å². The quantitative estimate of drug-likeness (QED) is 0.720. The highest BCUT2D eigenvalue weighted by Gasteiger charge is 2.16. The average molecular weight is 312 g/mol. The number of hydrogen-bond donors (Lipinski definition) is 2. The molecule has 6 nitrogen and oxygen atoms in total. The Morgan fingerprint density at radius 2 is 2.14 bits per heavy atom. The summed E-state index contributed by atoms with van der Waals surface area (Å²) < 4.78 is 27.9. The third-order valence-corrected chi connectivity index (χ3v) is 4.29. The van der Waals surface area contributed by atoms with E-state index in [0.717, 1.165) is 18.9 Å². The molecule has 0 heterocycles. The maximum atomic E-state index is 12.1. The molecule has 0 spiro atoms. The first-order valence-electron chi connectivity index (χ1n) is 6.60. The lowest BCUT2D eigenvalue weighted by molar-refractivity contribution is -0.131. The number of carboxylic acids is 1. The van der Waals surface area contributed by atoms with Gasteiger partial charge in [-0.25, -0.2) is 4.79 Å². The fraction of sp³-hybridized carbons (Fsp3) is 0.357. The van der Waals surface area contributed by atoms with Gasteiger partial charge in [-0.1, -0.05) is 25.5 Å². The summed E-state index contributed by atoms with van der Waals surface area (Å²) in [6.07, 6.45) is 4.11. The van der Waals surface area contributed by atoms with Crippen LogP contribution in [-0.2, 0) is 15.0 Å². The molecule has 21 heavy (non-hydrogen) atoms. The van der Waals surface area contributed by atoms with E-state index in [0.29, 0.717) is 17.8 Å². The molecule has 0 aliphatic heterocycles. The van der Waals surface area contributed by atoms with Crippen molar-refractivity contribution in [1.29, 1.82) is 0 Å². The Labute approximate surface area is 125 Å². The van der Waals surface area contributed by atoms with Crippen LogP contribution in [0.1, 0.15) is 25.3 Å². The molecule has 0 bridgehead atoms. The summed E-state index contributed by atoms with van der Waals surface area (Å²) in [6, 6.07) is 6.54. The zero-order valence-electron chi connectivity index (χ0n) is 12.1. The van der Waals surface area contributed by atoms with Crippen LogP contribution in [0.5, 0.6) is 0 Å². The van der Waals surface area contributed by atoms with Gasteiger partial charge in [0.05, 0.1) is 5.69 Å². The van der Waals surface area contributed by atoms with Crippen molar-refractivity contribution in [2.75, 3.05) is 18.3 Å². The van der Waals surface area contributed by atoms with Gasteiger partial charge in [-0.15, -0.1) is 0 Å². The monoisotopic (exact) mass is 312 g/mol. The van der Waals surface area contributed by atoms with Crippen LogP contribution >= 0.6 is 0 Å². The van der Waals surface area contributed by atoms with Gasteiger partial charge in [0.2, 0.25) is 0 Å². The zero-order valence-corrected chi connectivity index (χ0v) is 12.9. The molecule has 0 atom stereocenters. The summed E-state index contributed by atoms with van der Waals surface area (Å²) in [5, 5.41) is 8.58. The van der Waals surface area contributed by atoms with Gasteiger partial charge in [-0.05, 0) is 30.2 Å². The highest BCUT2D eigenvalue weighted by molar-refractivity contribution is 7.90. The second-order valence-electron chi connectivity index (χ2n) is 4.58. The molecular formula is C14H20N2O4S. The molecule has 2 N–H and O–H groups in total. The number of aliphatic carboxylic acids is 1. The van der Waals surface area contributed by atoms with Crippen LogP contribution in [0.3, 0.4) is 0 Å². The SMILES string of the molecule is CCCCN(C)S(=O)(=O)Nc1cccc(/C=C/C(=O)O)c1. The summed E-state index contributed by atoms with van der Waals surface area (Å²) in [7, 11) is -2.07. The largest absolute Gasteiger partial charge is 0.478 e. The molecule has 7 heteroatoms. The molecule has 1 rings (SSSR count). The summed E-state index contributed by atoms with van der Waals surface area (Å²) in [4.78, 5) is 10.5. The van der Waals surface area contributed by atoms with Crippen LogP contribution in [0, 0.1) is 0 Å². The highest BCUT2D eigenvalue weighted by atomic mass is 32.2. The highest BCUT2D eigenvalue weighted by Crippen LogP contribution is 2.15. The second-order valence-corrected chi connectivity index (χ2v) is 6.36. The normalized spacial score (nSPS) is 12.0. The van der Waals surface area contributed by atoms with E-state index < -0.39 is 16.2 Å². The van der Waals surface area contributed by atoms with Gasteiger partial charge in [0.1, 0.15) is 0 Å². The van der Waals surface area contributed by atoms with E-state index >= 15 is 0 Å². The van der Waals surface area contributed by atoms with Gasteiger partial charge < -0.3 is 5.11 Å². The van der Waals surface area contributed by atoms with Gasteiger partial charge in [0.25, 0.3) is 0 Å². The number of benzene rings is 1. The number of rotatable bonds is 8. The molecule has 1 aromatic carbocycles. The van der Waals surface area contributed by atoms with Gasteiger partial charge in [0.15, 0.2) is 0 Å². The summed E-state index contributed by atoms with van der Waals surface area (Å²) in [5.74, 6) is -1.06. The number of nitrogens with zero attached hydrogens (tertiary/aromatic N) is 1. The first kappa shape index (κ1) is 17.2. The molecule has 0 aromatic heterocycles. The average Bonchev–Trinajstić information content (AvgIpc) is 2.42. The van der Waals surface area contributed by atoms with Crippen molar-refractivity contribution >= 4 is 27.9 Å². The standard InChI is InChI=1S/C14H20N2O4S/c1-3-4-10-16(2)21(19,20)15-13-7-5-6-12(11-13)8-9-14(17)18/h5-9,11,15H,3-4,10H2,1-2H3,(H,17,18)/b9-8+. The molecule has 0 saturated heterocycles. The number of nitrogens with one attached hydrogen (secondary N) is 1. The first-order valence-corrected chi connectivity index (χ1v) is 8.04. The molecule has 0 aliphatic carbocycles. The van der Waals surface area contributed by atoms with Crippen molar-refractivity contribution in [3.05, 3.63) is 35.9 Å². The Morgan fingerprint density at radius 3 is 2.76 bits per heavy atom. The van der Waals surface area contributed by atoms with Crippen LogP contribution in [0.15, 0.2) is 30.3 Å². The van der Waals surface area contributed by atoms with E-state index in [-0.39, 0.29) is 0 Å². The zero-order chi connectivity index (χ0) is 15.9. The van der Waals surface area contributed by atoms with E-state index in [1.54, 1.807) is 24.3 Å². The molecule has 0 unspecified atom stereocenters. The molecule has 0 radical (unpaired) electrons. The minimum atomic E-state index is -3.59. The Kier molecular flexibility index (Phi) is 6.39. The maximum absolute atomic E-state index is 12.1. The van der Waals surface area contributed by atoms with Gasteiger partial charge >= 0.3 is 16.2 Å². The van der Waals surface area contributed by atoms with Crippen molar-refractivity contribution in [3.63, 3.8) is 0 Å². The molecule has 0 amide bonds. The van der Waals surface area contributed by atoms with Crippen molar-refractivity contribution in [3.8, 4) is 0 Å². The number of carboxylic acid groups (broad SMARTS) is 1. The summed E-state index contributed by atoms with van der Waals surface area (Å²) >= 11 is 0.